The molecule has 5 heteroatoms. The predicted octanol–water partition coefficient (Wildman–Crippen LogP) is 2.34. The topological polar surface area (TPSA) is 53.4 Å². The van der Waals surface area contributed by atoms with Gasteiger partial charge in [-0.05, 0) is 13.1 Å². The van der Waals surface area contributed by atoms with Gasteiger partial charge in [0.1, 0.15) is 0 Å². The van der Waals surface area contributed by atoms with Crippen molar-refractivity contribution >= 4 is 29.3 Å². The number of halogens is 1. The first-order chi connectivity index (χ1) is 8.66. The molecular formula is C14H15ClN2O2. The molecule has 0 amide bonds. The van der Waals surface area contributed by atoms with Crippen LogP contribution in [0.4, 0.5) is 0 Å². The van der Waals surface area contributed by atoms with Gasteiger partial charge in [-0.3, -0.25) is 4.98 Å². The van der Waals surface area contributed by atoms with E-state index in [9.17, 15) is 9.90 Å². The molecule has 19 heavy (non-hydrogen) atoms. The zero-order valence-corrected chi connectivity index (χ0v) is 11.4. The minimum absolute atomic E-state index is 0. The molecule has 2 heterocycles. The van der Waals surface area contributed by atoms with Crippen molar-refractivity contribution in [2.45, 2.75) is 13.0 Å². The molecule has 0 aliphatic carbocycles. The fraction of sp³-hybridized carbons (Fsp3) is 0.286. The molecule has 0 radical (unpaired) electrons. The molecule has 0 unspecified atom stereocenters. The quantitative estimate of drug-likeness (QED) is 0.870. The average molecular weight is 279 g/mol. The second kappa shape index (κ2) is 5.15. The molecule has 0 fully saturated rings. The third-order valence-corrected chi connectivity index (χ3v) is 3.45. The second-order valence-electron chi connectivity index (χ2n) is 4.72. The van der Waals surface area contributed by atoms with Gasteiger partial charge in [0.25, 0.3) is 0 Å². The molecule has 0 bridgehead atoms. The van der Waals surface area contributed by atoms with Gasteiger partial charge in [-0.1, -0.05) is 18.2 Å². The van der Waals surface area contributed by atoms with Crippen LogP contribution in [-0.4, -0.2) is 34.6 Å². The standard InChI is InChI=1S/C14H14N2O2.ClH/c1-16-7-6-12-10(8-16)13(14(17)18)9-4-2-3-5-11(9)15-12;/h2-5H,6-8H2,1H3,(H,17,18);1H. The van der Waals surface area contributed by atoms with Crippen molar-refractivity contribution < 1.29 is 9.90 Å². The average Bonchev–Trinajstić information content (AvgIpc) is 2.35. The van der Waals surface area contributed by atoms with E-state index in [0.29, 0.717) is 12.1 Å². The molecule has 0 spiro atoms. The van der Waals surface area contributed by atoms with Gasteiger partial charge in [-0.15, -0.1) is 12.4 Å². The van der Waals surface area contributed by atoms with Gasteiger partial charge in [0.2, 0.25) is 0 Å². The van der Waals surface area contributed by atoms with Crippen molar-refractivity contribution in [3.05, 3.63) is 41.1 Å². The molecule has 1 aromatic heterocycles. The first-order valence-electron chi connectivity index (χ1n) is 5.99. The number of aromatic nitrogens is 1. The van der Waals surface area contributed by atoms with Crippen LogP contribution in [-0.2, 0) is 13.0 Å². The van der Waals surface area contributed by atoms with Crippen LogP contribution in [0, 0.1) is 0 Å². The summed E-state index contributed by atoms with van der Waals surface area (Å²) in [7, 11) is 2.00. The minimum Gasteiger partial charge on any atom is -0.478 e. The Morgan fingerprint density at radius 1 is 1.37 bits per heavy atom. The summed E-state index contributed by atoms with van der Waals surface area (Å²) in [5, 5.41) is 10.2. The Balaban J connectivity index is 0.00000133. The van der Waals surface area contributed by atoms with Crippen LogP contribution in [0.5, 0.6) is 0 Å². The molecule has 0 saturated heterocycles. The Morgan fingerprint density at radius 2 is 2.11 bits per heavy atom. The number of hydrogen-bond acceptors (Lipinski definition) is 3. The number of likely N-dealkylation sites (N-methyl/N-ethyl adjacent to an activating group) is 1. The number of pyridine rings is 1. The fourth-order valence-corrected chi connectivity index (χ4v) is 2.57. The molecule has 4 nitrogen and oxygen atoms in total. The van der Waals surface area contributed by atoms with Gasteiger partial charge in [0, 0.05) is 36.2 Å². The number of rotatable bonds is 1. The van der Waals surface area contributed by atoms with Gasteiger partial charge in [0.15, 0.2) is 0 Å². The van der Waals surface area contributed by atoms with Crippen LogP contribution >= 0.6 is 12.4 Å². The van der Waals surface area contributed by atoms with Crippen molar-refractivity contribution in [2.75, 3.05) is 13.6 Å². The van der Waals surface area contributed by atoms with Crippen molar-refractivity contribution in [1.82, 2.24) is 9.88 Å². The van der Waals surface area contributed by atoms with E-state index in [1.807, 2.05) is 31.3 Å². The molecule has 1 aliphatic heterocycles. The Morgan fingerprint density at radius 3 is 2.84 bits per heavy atom. The van der Waals surface area contributed by atoms with E-state index in [1.54, 1.807) is 0 Å². The molecule has 1 aliphatic rings. The highest BCUT2D eigenvalue weighted by molar-refractivity contribution is 6.04. The highest BCUT2D eigenvalue weighted by Crippen LogP contribution is 2.27. The van der Waals surface area contributed by atoms with Crippen molar-refractivity contribution in [1.29, 1.82) is 0 Å². The van der Waals surface area contributed by atoms with Gasteiger partial charge in [-0.2, -0.15) is 0 Å². The Labute approximate surface area is 117 Å². The van der Waals surface area contributed by atoms with Gasteiger partial charge < -0.3 is 10.0 Å². The first-order valence-corrected chi connectivity index (χ1v) is 5.99. The van der Waals surface area contributed by atoms with Gasteiger partial charge in [0.05, 0.1) is 11.1 Å². The summed E-state index contributed by atoms with van der Waals surface area (Å²) in [6.45, 7) is 1.59. The predicted molar refractivity (Wildman–Crippen MR) is 76.0 cm³/mol. The summed E-state index contributed by atoms with van der Waals surface area (Å²) in [5.74, 6) is -0.861. The fourth-order valence-electron chi connectivity index (χ4n) is 2.57. The molecule has 0 atom stereocenters. The minimum atomic E-state index is -0.861. The van der Waals surface area contributed by atoms with E-state index < -0.39 is 5.97 Å². The zero-order chi connectivity index (χ0) is 12.7. The lowest BCUT2D eigenvalue weighted by Crippen LogP contribution is -2.29. The van der Waals surface area contributed by atoms with E-state index in [0.717, 1.165) is 35.1 Å². The monoisotopic (exact) mass is 278 g/mol. The summed E-state index contributed by atoms with van der Waals surface area (Å²) in [6, 6.07) is 7.46. The van der Waals surface area contributed by atoms with Gasteiger partial charge >= 0.3 is 5.97 Å². The Bertz CT molecular complexity index is 643. The summed E-state index contributed by atoms with van der Waals surface area (Å²) in [5.41, 5.74) is 3.00. The summed E-state index contributed by atoms with van der Waals surface area (Å²) in [4.78, 5) is 18.3. The molecule has 100 valence electrons. The molecule has 1 N–H and O–H groups in total. The van der Waals surface area contributed by atoms with E-state index in [4.69, 9.17) is 0 Å². The normalized spacial score (nSPS) is 14.8. The van der Waals surface area contributed by atoms with Crippen LogP contribution in [0.25, 0.3) is 10.9 Å². The molecular weight excluding hydrogens is 264 g/mol. The summed E-state index contributed by atoms with van der Waals surface area (Å²) >= 11 is 0. The number of nitrogens with zero attached hydrogens (tertiary/aromatic N) is 2. The molecule has 3 rings (SSSR count). The SMILES string of the molecule is CN1CCc2nc3ccccc3c(C(=O)O)c2C1.Cl. The van der Waals surface area contributed by atoms with Crippen LogP contribution in [0.15, 0.2) is 24.3 Å². The van der Waals surface area contributed by atoms with Crippen molar-refractivity contribution in [3.63, 3.8) is 0 Å². The zero-order valence-electron chi connectivity index (χ0n) is 10.6. The largest absolute Gasteiger partial charge is 0.478 e. The number of carbonyl (C=O) groups is 1. The van der Waals surface area contributed by atoms with E-state index in [-0.39, 0.29) is 12.4 Å². The van der Waals surface area contributed by atoms with Crippen molar-refractivity contribution in [3.8, 4) is 0 Å². The number of para-hydroxylation sites is 1. The number of aromatic carboxylic acids is 1. The molecule has 1 aromatic carbocycles. The highest BCUT2D eigenvalue weighted by atomic mass is 35.5. The summed E-state index contributed by atoms with van der Waals surface area (Å²) < 4.78 is 0. The van der Waals surface area contributed by atoms with Crippen molar-refractivity contribution in [2.24, 2.45) is 0 Å². The second-order valence-corrected chi connectivity index (χ2v) is 4.72. The van der Waals surface area contributed by atoms with Crippen LogP contribution < -0.4 is 0 Å². The smallest absolute Gasteiger partial charge is 0.336 e. The first kappa shape index (κ1) is 13.8. The maximum Gasteiger partial charge on any atom is 0.336 e. The number of fused-ring (bicyclic) bond motifs is 2. The number of carboxylic acid groups (broad SMARTS) is 1. The van der Waals surface area contributed by atoms with E-state index >= 15 is 0 Å². The molecule has 0 saturated carbocycles. The lowest BCUT2D eigenvalue weighted by Gasteiger charge is -2.26. The van der Waals surface area contributed by atoms with Crippen LogP contribution in [0.1, 0.15) is 21.6 Å². The summed E-state index contributed by atoms with van der Waals surface area (Å²) in [6.07, 6.45) is 0.816. The lowest BCUT2D eigenvalue weighted by atomic mass is 9.96. The Hall–Kier alpha value is -1.65. The van der Waals surface area contributed by atoms with Crippen LogP contribution in [0.3, 0.4) is 0 Å². The number of hydrogen-bond donors (Lipinski definition) is 1. The lowest BCUT2D eigenvalue weighted by molar-refractivity contribution is 0.0696. The van der Waals surface area contributed by atoms with E-state index in [1.165, 1.54) is 0 Å². The van der Waals surface area contributed by atoms with E-state index in [2.05, 4.69) is 9.88 Å². The maximum atomic E-state index is 11.5. The third kappa shape index (κ3) is 2.29. The maximum absolute atomic E-state index is 11.5. The van der Waals surface area contributed by atoms with Gasteiger partial charge in [-0.25, -0.2) is 4.79 Å². The Kier molecular flexibility index (Phi) is 3.73. The molecule has 2 aromatic rings. The number of carboxylic acids is 1. The van der Waals surface area contributed by atoms with Crippen LogP contribution in [0.2, 0.25) is 0 Å². The third-order valence-electron chi connectivity index (χ3n) is 3.45. The highest BCUT2D eigenvalue weighted by Gasteiger charge is 2.23. The number of benzene rings is 1.